The van der Waals surface area contributed by atoms with Gasteiger partial charge in [0.1, 0.15) is 6.42 Å². The maximum Gasteiger partial charge on any atom is 0.285 e. The quantitative estimate of drug-likeness (QED) is 0.752. The predicted molar refractivity (Wildman–Crippen MR) is 51.0 cm³/mol. The standard InChI is InChI=1S/C9H6BrN3/c10-9-7(4-5-11)12-8-3-1-2-6-13(8)9/h1-3,6H,4H2/p+1. The Morgan fingerprint density at radius 1 is 1.54 bits per heavy atom. The van der Waals surface area contributed by atoms with Crippen molar-refractivity contribution < 1.29 is 4.40 Å². The second-order valence-electron chi connectivity index (χ2n) is 2.69. The molecular weight excluding hydrogens is 230 g/mol. The lowest BCUT2D eigenvalue weighted by atomic mass is 10.4. The molecule has 2 rings (SSSR count). The molecule has 0 fully saturated rings. The first-order chi connectivity index (χ1) is 6.33. The van der Waals surface area contributed by atoms with Gasteiger partial charge in [-0.15, -0.1) is 0 Å². The third kappa shape index (κ3) is 1.31. The van der Waals surface area contributed by atoms with Gasteiger partial charge >= 0.3 is 0 Å². The molecule has 0 amide bonds. The van der Waals surface area contributed by atoms with Crippen LogP contribution in [0.2, 0.25) is 0 Å². The van der Waals surface area contributed by atoms with Crippen LogP contribution in [0.25, 0.3) is 5.65 Å². The molecule has 0 aliphatic carbocycles. The molecule has 4 heteroatoms. The highest BCUT2D eigenvalue weighted by Gasteiger charge is 2.14. The number of halogens is 1. The van der Waals surface area contributed by atoms with Gasteiger partial charge in [0.05, 0.1) is 12.3 Å². The summed E-state index contributed by atoms with van der Waals surface area (Å²) in [6.07, 6.45) is 2.33. The minimum atomic E-state index is 0.391. The molecule has 0 aliphatic rings. The number of fused-ring (bicyclic) bond motifs is 1. The summed E-state index contributed by atoms with van der Waals surface area (Å²) in [5.41, 5.74) is 1.90. The van der Waals surface area contributed by atoms with E-state index < -0.39 is 0 Å². The van der Waals surface area contributed by atoms with Crippen LogP contribution in [0.15, 0.2) is 29.0 Å². The van der Waals surface area contributed by atoms with Crippen molar-refractivity contribution in [2.75, 3.05) is 0 Å². The van der Waals surface area contributed by atoms with Crippen LogP contribution in [0.1, 0.15) is 5.69 Å². The molecule has 0 saturated heterocycles. The van der Waals surface area contributed by atoms with Crippen LogP contribution >= 0.6 is 15.9 Å². The average Bonchev–Trinajstić information content (AvgIpc) is 2.46. The van der Waals surface area contributed by atoms with E-state index in [2.05, 4.69) is 27.0 Å². The molecule has 0 atom stereocenters. The van der Waals surface area contributed by atoms with Crippen LogP contribution in [-0.4, -0.2) is 4.98 Å². The van der Waals surface area contributed by atoms with Crippen molar-refractivity contribution >= 4 is 21.6 Å². The highest BCUT2D eigenvalue weighted by molar-refractivity contribution is 9.10. The van der Waals surface area contributed by atoms with Gasteiger partial charge in [-0.25, -0.2) is 4.98 Å². The summed E-state index contributed by atoms with van der Waals surface area (Å²) in [7, 11) is 0. The van der Waals surface area contributed by atoms with Gasteiger partial charge < -0.3 is 0 Å². The van der Waals surface area contributed by atoms with E-state index in [9.17, 15) is 0 Å². The van der Waals surface area contributed by atoms with Crippen molar-refractivity contribution in [3.8, 4) is 6.07 Å². The molecule has 2 heterocycles. The maximum absolute atomic E-state index is 8.57. The first-order valence-electron chi connectivity index (χ1n) is 3.86. The minimum absolute atomic E-state index is 0.391. The predicted octanol–water partition coefficient (Wildman–Crippen LogP) is 1.58. The van der Waals surface area contributed by atoms with Crippen LogP contribution in [-0.2, 0) is 6.42 Å². The van der Waals surface area contributed by atoms with Gasteiger partial charge in [-0.05, 0) is 6.07 Å². The molecular formula is C9H7BrN3+. The molecule has 1 N–H and O–H groups in total. The highest BCUT2D eigenvalue weighted by atomic mass is 79.9. The number of pyridine rings is 1. The number of H-pyrrole nitrogens is 1. The summed E-state index contributed by atoms with van der Waals surface area (Å²) < 4.78 is 2.89. The summed E-state index contributed by atoms with van der Waals surface area (Å²) in [5, 5.41) is 8.57. The van der Waals surface area contributed by atoms with E-state index in [-0.39, 0.29) is 0 Å². The van der Waals surface area contributed by atoms with Gasteiger partial charge in [0.2, 0.25) is 4.60 Å². The number of nitrogens with zero attached hydrogens (tertiary/aromatic N) is 2. The lowest BCUT2D eigenvalue weighted by Crippen LogP contribution is -2.19. The van der Waals surface area contributed by atoms with Gasteiger partial charge in [-0.3, -0.25) is 0 Å². The first kappa shape index (κ1) is 8.27. The Hall–Kier alpha value is -1.34. The Kier molecular flexibility index (Phi) is 2.03. The second kappa shape index (κ2) is 3.19. The Morgan fingerprint density at radius 2 is 2.38 bits per heavy atom. The zero-order chi connectivity index (χ0) is 9.26. The Labute approximate surface area is 83.8 Å². The van der Waals surface area contributed by atoms with E-state index >= 15 is 0 Å². The maximum atomic E-state index is 8.57. The molecule has 0 bridgehead atoms. The van der Waals surface area contributed by atoms with Gasteiger partial charge in [0, 0.05) is 22.0 Å². The van der Waals surface area contributed by atoms with Crippen molar-refractivity contribution in [1.82, 2.24) is 4.98 Å². The third-order valence-electron chi connectivity index (χ3n) is 1.86. The number of hydrogen-bond donors (Lipinski definition) is 1. The number of aromatic amines is 1. The zero-order valence-electron chi connectivity index (χ0n) is 6.79. The topological polar surface area (TPSA) is 43.7 Å². The molecule has 0 aliphatic heterocycles. The van der Waals surface area contributed by atoms with Crippen LogP contribution < -0.4 is 4.40 Å². The average molecular weight is 237 g/mol. The van der Waals surface area contributed by atoms with Crippen molar-refractivity contribution in [1.29, 1.82) is 5.26 Å². The van der Waals surface area contributed by atoms with E-state index in [0.29, 0.717) is 6.42 Å². The van der Waals surface area contributed by atoms with E-state index in [1.807, 2.05) is 28.8 Å². The van der Waals surface area contributed by atoms with Crippen LogP contribution in [0.4, 0.5) is 0 Å². The Morgan fingerprint density at radius 3 is 3.08 bits per heavy atom. The molecule has 2 aromatic rings. The van der Waals surface area contributed by atoms with Crippen molar-refractivity contribution in [2.45, 2.75) is 6.42 Å². The molecule has 64 valence electrons. The number of aromatic nitrogens is 2. The van der Waals surface area contributed by atoms with Crippen molar-refractivity contribution in [3.05, 3.63) is 34.7 Å². The van der Waals surface area contributed by atoms with Crippen LogP contribution in [0.5, 0.6) is 0 Å². The Balaban J connectivity index is 2.68. The van der Waals surface area contributed by atoms with E-state index in [4.69, 9.17) is 5.26 Å². The lowest BCUT2D eigenvalue weighted by Gasteiger charge is -1.83. The number of hydrogen-bond acceptors (Lipinski definition) is 1. The van der Waals surface area contributed by atoms with Gasteiger partial charge in [-0.2, -0.15) is 9.66 Å². The highest BCUT2D eigenvalue weighted by Crippen LogP contribution is 2.12. The normalized spacial score (nSPS) is 10.2. The van der Waals surface area contributed by atoms with E-state index in [0.717, 1.165) is 15.9 Å². The largest absolute Gasteiger partial charge is 0.285 e. The number of imidazole rings is 1. The summed E-state index contributed by atoms with van der Waals surface area (Å²) >= 11 is 3.43. The molecule has 0 unspecified atom stereocenters. The lowest BCUT2D eigenvalue weighted by molar-refractivity contribution is -0.522. The van der Waals surface area contributed by atoms with E-state index in [1.165, 1.54) is 0 Å². The fourth-order valence-electron chi connectivity index (χ4n) is 1.26. The number of nitriles is 1. The minimum Gasteiger partial charge on any atom is -0.239 e. The fraction of sp³-hybridized carbons (Fsp3) is 0.111. The molecule has 0 aromatic carbocycles. The van der Waals surface area contributed by atoms with Crippen molar-refractivity contribution in [2.24, 2.45) is 0 Å². The monoisotopic (exact) mass is 236 g/mol. The van der Waals surface area contributed by atoms with Gasteiger partial charge in [-0.1, -0.05) is 6.07 Å². The smallest absolute Gasteiger partial charge is 0.239 e. The van der Waals surface area contributed by atoms with Gasteiger partial charge in [0.15, 0.2) is 5.69 Å². The Bertz CT molecular complexity index is 481. The molecule has 0 saturated carbocycles. The number of nitrogens with one attached hydrogen (secondary N) is 1. The summed E-state index contributed by atoms with van der Waals surface area (Å²) in [5.74, 6) is 0. The fourth-order valence-corrected chi connectivity index (χ4v) is 1.81. The molecule has 2 aromatic heterocycles. The van der Waals surface area contributed by atoms with Crippen molar-refractivity contribution in [3.63, 3.8) is 0 Å². The number of rotatable bonds is 1. The second-order valence-corrected chi connectivity index (χ2v) is 3.44. The SMILES string of the molecule is N#CCc1[nH]c2cccc[n+]2c1Br. The molecule has 3 nitrogen and oxygen atoms in total. The van der Waals surface area contributed by atoms with E-state index in [1.54, 1.807) is 0 Å². The van der Waals surface area contributed by atoms with Crippen LogP contribution in [0.3, 0.4) is 0 Å². The molecule has 0 spiro atoms. The van der Waals surface area contributed by atoms with Crippen LogP contribution in [0, 0.1) is 11.3 Å². The summed E-state index contributed by atoms with van der Waals surface area (Å²) in [6.45, 7) is 0. The molecule has 13 heavy (non-hydrogen) atoms. The summed E-state index contributed by atoms with van der Waals surface area (Å²) in [6, 6.07) is 7.97. The molecule has 0 radical (unpaired) electrons. The summed E-state index contributed by atoms with van der Waals surface area (Å²) in [4.78, 5) is 3.16. The zero-order valence-corrected chi connectivity index (χ0v) is 8.37. The van der Waals surface area contributed by atoms with Gasteiger partial charge in [0.25, 0.3) is 5.65 Å². The third-order valence-corrected chi connectivity index (χ3v) is 2.72. The first-order valence-corrected chi connectivity index (χ1v) is 4.66.